The Bertz CT molecular complexity index is 2170. The maximum Gasteiger partial charge on any atom is 0.447 e. The largest absolute Gasteiger partial charge is 0.447 e. The molecular formula is C36H28N5O10P3. The third-order valence-electron chi connectivity index (χ3n) is 7.11. The standard InChI is InChI=1S/C36H28N5O10P3/c42-38(43)29-21-25-35(26-22-29)50-54(51-36-27-23-30(24-28-36)39(44)45)37-52(48-33-17-9-3-10-18-33)40(46-31-13-5-1-6-14-31)53(49-34-19-11-4-12-20-34)41(54)47-32-15-7-2-8-16-32/h1-28H. The van der Waals surface area contributed by atoms with Crippen LogP contribution in [-0.4, -0.2) is 19.1 Å². The lowest BCUT2D eigenvalue weighted by Gasteiger charge is -2.43. The lowest BCUT2D eigenvalue weighted by molar-refractivity contribution is -0.385. The number of non-ortho nitro benzene ring substituents is 2. The quantitative estimate of drug-likeness (QED) is 0.0585. The van der Waals surface area contributed by atoms with Gasteiger partial charge in [-0.25, -0.2) is 0 Å². The van der Waals surface area contributed by atoms with Gasteiger partial charge in [0.1, 0.15) is 34.5 Å². The van der Waals surface area contributed by atoms with Crippen LogP contribution >= 0.6 is 24.6 Å². The highest BCUT2D eigenvalue weighted by atomic mass is 31.3. The van der Waals surface area contributed by atoms with E-state index in [4.69, 9.17) is 32.3 Å². The van der Waals surface area contributed by atoms with Crippen molar-refractivity contribution in [2.45, 2.75) is 0 Å². The van der Waals surface area contributed by atoms with Crippen molar-refractivity contribution in [1.29, 1.82) is 0 Å². The number of hydrogen-bond acceptors (Lipinski definition) is 13. The van der Waals surface area contributed by atoms with E-state index in [0.717, 1.165) is 0 Å². The summed E-state index contributed by atoms with van der Waals surface area (Å²) in [5.41, 5.74) is -0.341. The molecule has 0 saturated carbocycles. The summed E-state index contributed by atoms with van der Waals surface area (Å²) in [6.07, 6.45) is 0. The molecule has 7 rings (SSSR count). The highest BCUT2D eigenvalue weighted by Crippen LogP contribution is 2.77. The Morgan fingerprint density at radius 1 is 0.481 bits per heavy atom. The normalized spacial score (nSPS) is 16.6. The van der Waals surface area contributed by atoms with Crippen molar-refractivity contribution < 1.29 is 37.6 Å². The highest BCUT2D eigenvalue weighted by Gasteiger charge is 2.58. The van der Waals surface area contributed by atoms with Gasteiger partial charge in [0.05, 0.1) is 9.85 Å². The van der Waals surface area contributed by atoms with Gasteiger partial charge in [-0.1, -0.05) is 72.8 Å². The van der Waals surface area contributed by atoms with Gasteiger partial charge in [-0.15, -0.1) is 4.52 Å². The Hall–Kier alpha value is -6.07. The minimum absolute atomic E-state index is 0.128. The SMILES string of the molecule is O=[N+]([O-])c1ccc(OP2(Oc3ccc([N+](=O)[O-])cc3)=NP(Oc3ccccc3)N(Oc3ccccc3)P(Oc3ccccc3)N2Oc2ccccc2)cc1. The molecule has 0 radical (unpaired) electrons. The molecule has 0 fully saturated rings. The van der Waals surface area contributed by atoms with Crippen molar-refractivity contribution in [3.63, 3.8) is 0 Å². The number of benzene rings is 6. The smallest absolute Gasteiger partial charge is 0.440 e. The molecule has 18 heteroatoms. The van der Waals surface area contributed by atoms with Gasteiger partial charge in [0.25, 0.3) is 11.4 Å². The van der Waals surface area contributed by atoms with Crippen molar-refractivity contribution in [3.05, 3.63) is 190 Å². The molecule has 6 aromatic rings. The second kappa shape index (κ2) is 16.7. The Morgan fingerprint density at radius 2 is 0.870 bits per heavy atom. The first kappa shape index (κ1) is 36.3. The number of hydrogen-bond donors (Lipinski definition) is 0. The van der Waals surface area contributed by atoms with Crippen molar-refractivity contribution >= 4 is 35.9 Å². The summed E-state index contributed by atoms with van der Waals surface area (Å²) in [6.45, 7) is 0. The second-order valence-electron chi connectivity index (χ2n) is 10.9. The maximum absolute atomic E-state index is 11.6. The van der Waals surface area contributed by atoms with Crippen LogP contribution < -0.4 is 27.8 Å². The van der Waals surface area contributed by atoms with E-state index in [1.54, 1.807) is 84.9 Å². The first-order valence-corrected chi connectivity index (χ1v) is 19.8. The topological polar surface area (TPSA) is 160 Å². The molecule has 0 aromatic heterocycles. The average molecular weight is 784 g/mol. The molecule has 0 bridgehead atoms. The molecule has 15 nitrogen and oxygen atoms in total. The van der Waals surface area contributed by atoms with Crippen molar-refractivity contribution in [2.24, 2.45) is 4.52 Å². The molecule has 2 unspecified atom stereocenters. The fourth-order valence-electron chi connectivity index (χ4n) is 4.63. The molecule has 0 spiro atoms. The van der Waals surface area contributed by atoms with Gasteiger partial charge in [-0.05, 0) is 72.8 Å². The predicted octanol–water partition coefficient (Wildman–Crippen LogP) is 11.1. The zero-order chi connectivity index (χ0) is 37.3. The Morgan fingerprint density at radius 3 is 1.30 bits per heavy atom. The van der Waals surface area contributed by atoms with E-state index in [-0.39, 0.29) is 22.9 Å². The number of nitro benzene ring substituents is 2. The van der Waals surface area contributed by atoms with Crippen LogP contribution in [0.15, 0.2) is 174 Å². The van der Waals surface area contributed by atoms with E-state index in [0.29, 0.717) is 23.0 Å². The van der Waals surface area contributed by atoms with Gasteiger partial charge >= 0.3 is 24.6 Å². The molecule has 2 atom stereocenters. The zero-order valence-electron chi connectivity index (χ0n) is 27.8. The third kappa shape index (κ3) is 8.75. The second-order valence-corrected chi connectivity index (χ2v) is 16.4. The van der Waals surface area contributed by atoms with E-state index in [1.165, 1.54) is 57.7 Å². The number of rotatable bonds is 14. The van der Waals surface area contributed by atoms with Crippen LogP contribution in [0.2, 0.25) is 0 Å². The van der Waals surface area contributed by atoms with Gasteiger partial charge in [0.15, 0.2) is 0 Å². The molecule has 6 aromatic carbocycles. The minimum atomic E-state index is -4.13. The Balaban J connectivity index is 1.47. The van der Waals surface area contributed by atoms with E-state index in [9.17, 15) is 20.2 Å². The first-order chi connectivity index (χ1) is 26.3. The van der Waals surface area contributed by atoms with E-state index in [1.807, 2.05) is 36.4 Å². The highest BCUT2D eigenvalue weighted by molar-refractivity contribution is 7.78. The van der Waals surface area contributed by atoms with Crippen LogP contribution in [0.5, 0.6) is 34.5 Å². The summed E-state index contributed by atoms with van der Waals surface area (Å²) in [7, 11) is -8.77. The average Bonchev–Trinajstić information content (AvgIpc) is 3.20. The van der Waals surface area contributed by atoms with Crippen LogP contribution in [0, 0.1) is 20.2 Å². The number of para-hydroxylation sites is 4. The molecule has 272 valence electrons. The predicted molar refractivity (Wildman–Crippen MR) is 203 cm³/mol. The summed E-state index contributed by atoms with van der Waals surface area (Å²) >= 11 is 0. The number of nitro groups is 2. The van der Waals surface area contributed by atoms with E-state index in [2.05, 4.69) is 0 Å². The lowest BCUT2D eigenvalue weighted by atomic mass is 10.3. The van der Waals surface area contributed by atoms with E-state index >= 15 is 0 Å². The van der Waals surface area contributed by atoms with Crippen molar-refractivity contribution in [2.75, 3.05) is 0 Å². The summed E-state index contributed by atoms with van der Waals surface area (Å²) in [4.78, 5) is 35.3. The van der Waals surface area contributed by atoms with Crippen LogP contribution in [0.3, 0.4) is 0 Å². The molecular weight excluding hydrogens is 755 g/mol. The van der Waals surface area contributed by atoms with Crippen LogP contribution in [0.25, 0.3) is 0 Å². The molecule has 0 amide bonds. The molecule has 0 aliphatic carbocycles. The summed E-state index contributed by atoms with van der Waals surface area (Å²) in [6, 6.07) is 46.4. The van der Waals surface area contributed by atoms with Crippen molar-refractivity contribution in [1.82, 2.24) is 9.21 Å². The molecule has 0 saturated heterocycles. The molecule has 1 aliphatic heterocycles. The lowest BCUT2D eigenvalue weighted by Crippen LogP contribution is -2.37. The van der Waals surface area contributed by atoms with Crippen LogP contribution in [-0.2, 0) is 0 Å². The minimum Gasteiger partial charge on any atom is -0.440 e. The summed E-state index contributed by atoms with van der Waals surface area (Å²) in [5, 5.41) is 23.1. The fraction of sp³-hybridized carbons (Fsp3) is 0. The van der Waals surface area contributed by atoms with Crippen LogP contribution in [0.4, 0.5) is 11.4 Å². The summed E-state index contributed by atoms with van der Waals surface area (Å²) < 4.78 is 34.7. The Labute approximate surface area is 311 Å². The summed E-state index contributed by atoms with van der Waals surface area (Å²) in [5.74, 6) is 1.89. The molecule has 1 aliphatic rings. The van der Waals surface area contributed by atoms with Gasteiger partial charge in [0.2, 0.25) is 0 Å². The molecule has 0 N–H and O–H groups in total. The molecule has 1 heterocycles. The van der Waals surface area contributed by atoms with Crippen LogP contribution in [0.1, 0.15) is 0 Å². The van der Waals surface area contributed by atoms with Gasteiger partial charge in [-0.3, -0.25) is 20.2 Å². The third-order valence-corrected chi connectivity index (χ3v) is 14.0. The van der Waals surface area contributed by atoms with Gasteiger partial charge < -0.3 is 27.8 Å². The maximum atomic E-state index is 11.6. The zero-order valence-corrected chi connectivity index (χ0v) is 30.5. The van der Waals surface area contributed by atoms with Gasteiger partial charge in [-0.2, -0.15) is 0 Å². The fourth-order valence-corrected chi connectivity index (χ4v) is 12.1. The van der Waals surface area contributed by atoms with Gasteiger partial charge in [0, 0.05) is 33.5 Å². The number of nitrogens with zero attached hydrogens (tertiary/aromatic N) is 5. The van der Waals surface area contributed by atoms with E-state index < -0.39 is 34.4 Å². The van der Waals surface area contributed by atoms with Crippen molar-refractivity contribution in [3.8, 4) is 34.5 Å². The monoisotopic (exact) mass is 783 g/mol. The Kier molecular flexibility index (Phi) is 11.2. The molecule has 54 heavy (non-hydrogen) atoms. The first-order valence-electron chi connectivity index (χ1n) is 16.0.